The Hall–Kier alpha value is -3.91. The second kappa shape index (κ2) is 8.91. The standard InChI is InChI=1S/C24H21ClN6O2/c25-16-10-11-21(26-14-16)30-23(32)15-5-3-6-17(13-15)27-24(33)31-12-4-9-20(31)22-28-18-7-1-2-8-19(18)29-22/h1-3,5-8,10-11,13-14,20H,4,9,12H2,(H,27,33)(H,28,29)(H,26,30,32). The number of fused-ring (bicyclic) bond motifs is 1. The molecule has 166 valence electrons. The molecule has 1 unspecified atom stereocenters. The Labute approximate surface area is 195 Å². The van der Waals surface area contributed by atoms with Crippen LogP contribution in [-0.4, -0.2) is 38.3 Å². The Kier molecular flexibility index (Phi) is 5.66. The highest BCUT2D eigenvalue weighted by atomic mass is 35.5. The molecular formula is C24H21ClN6O2. The molecular weight excluding hydrogens is 440 g/mol. The zero-order chi connectivity index (χ0) is 22.8. The van der Waals surface area contributed by atoms with Gasteiger partial charge >= 0.3 is 6.03 Å². The van der Waals surface area contributed by atoms with Gasteiger partial charge < -0.3 is 20.5 Å². The van der Waals surface area contributed by atoms with Crippen molar-refractivity contribution in [3.8, 4) is 0 Å². The van der Waals surface area contributed by atoms with Gasteiger partial charge in [-0.05, 0) is 55.3 Å². The van der Waals surface area contributed by atoms with Crippen molar-refractivity contribution < 1.29 is 9.59 Å². The minimum atomic E-state index is -0.331. The number of aromatic amines is 1. The van der Waals surface area contributed by atoms with Gasteiger partial charge in [0.15, 0.2) is 0 Å². The monoisotopic (exact) mass is 460 g/mol. The summed E-state index contributed by atoms with van der Waals surface area (Å²) >= 11 is 5.83. The van der Waals surface area contributed by atoms with Gasteiger partial charge in [0.2, 0.25) is 0 Å². The van der Waals surface area contributed by atoms with Crippen LogP contribution in [-0.2, 0) is 0 Å². The van der Waals surface area contributed by atoms with Crippen LogP contribution < -0.4 is 10.6 Å². The first-order valence-electron chi connectivity index (χ1n) is 10.6. The number of aromatic nitrogens is 3. The summed E-state index contributed by atoms with van der Waals surface area (Å²) in [6, 6.07) is 17.5. The molecule has 1 saturated heterocycles. The van der Waals surface area contributed by atoms with E-state index in [1.54, 1.807) is 41.3 Å². The largest absolute Gasteiger partial charge is 0.340 e. The summed E-state index contributed by atoms with van der Waals surface area (Å²) in [5, 5.41) is 6.12. The number of likely N-dealkylation sites (tertiary alicyclic amines) is 1. The third kappa shape index (κ3) is 4.51. The SMILES string of the molecule is O=C(Nc1ccc(Cl)cn1)c1cccc(NC(=O)N2CCCC2c2nc3ccccc3[nH]2)c1. The van der Waals surface area contributed by atoms with Gasteiger partial charge in [-0.1, -0.05) is 29.8 Å². The lowest BCUT2D eigenvalue weighted by Crippen LogP contribution is -2.34. The van der Waals surface area contributed by atoms with Crippen LogP contribution in [0.1, 0.15) is 35.1 Å². The van der Waals surface area contributed by atoms with Gasteiger partial charge in [-0.25, -0.2) is 14.8 Å². The Morgan fingerprint density at radius 2 is 1.94 bits per heavy atom. The third-order valence-electron chi connectivity index (χ3n) is 5.58. The maximum absolute atomic E-state index is 13.1. The number of carbonyl (C=O) groups is 2. The number of benzene rings is 2. The molecule has 0 saturated carbocycles. The zero-order valence-corrected chi connectivity index (χ0v) is 18.3. The normalized spacial score (nSPS) is 15.5. The van der Waals surface area contributed by atoms with Gasteiger partial charge in [-0.3, -0.25) is 4.79 Å². The fourth-order valence-electron chi connectivity index (χ4n) is 4.00. The van der Waals surface area contributed by atoms with E-state index in [0.717, 1.165) is 29.7 Å². The van der Waals surface area contributed by atoms with Crippen molar-refractivity contribution in [1.29, 1.82) is 0 Å². The number of nitrogens with one attached hydrogen (secondary N) is 3. The maximum Gasteiger partial charge on any atom is 0.322 e. The van der Waals surface area contributed by atoms with Crippen LogP contribution in [0.4, 0.5) is 16.3 Å². The van der Waals surface area contributed by atoms with Crippen molar-refractivity contribution in [3.05, 3.63) is 83.3 Å². The first kappa shape index (κ1) is 21.0. The molecule has 3 amide bonds. The second-order valence-electron chi connectivity index (χ2n) is 7.82. The average molecular weight is 461 g/mol. The van der Waals surface area contributed by atoms with Gasteiger partial charge in [0.1, 0.15) is 11.6 Å². The number of pyridine rings is 1. The Morgan fingerprint density at radius 3 is 2.76 bits per heavy atom. The molecule has 0 aliphatic carbocycles. The van der Waals surface area contributed by atoms with Crippen LogP contribution >= 0.6 is 11.6 Å². The number of H-pyrrole nitrogens is 1. The Morgan fingerprint density at radius 1 is 1.06 bits per heavy atom. The molecule has 0 bridgehead atoms. The Balaban J connectivity index is 1.29. The number of rotatable bonds is 4. The molecule has 0 radical (unpaired) electrons. The van der Waals surface area contributed by atoms with E-state index in [-0.39, 0.29) is 18.0 Å². The van der Waals surface area contributed by atoms with Crippen LogP contribution in [0, 0.1) is 0 Å². The van der Waals surface area contributed by atoms with Gasteiger partial charge in [0.05, 0.1) is 22.1 Å². The highest BCUT2D eigenvalue weighted by Crippen LogP contribution is 2.32. The number of halogens is 1. The highest BCUT2D eigenvalue weighted by molar-refractivity contribution is 6.30. The molecule has 3 N–H and O–H groups in total. The number of amides is 3. The maximum atomic E-state index is 13.1. The smallest absolute Gasteiger partial charge is 0.322 e. The molecule has 33 heavy (non-hydrogen) atoms. The van der Waals surface area contributed by atoms with E-state index in [4.69, 9.17) is 11.6 Å². The van der Waals surface area contributed by atoms with Crippen LogP contribution in [0.5, 0.6) is 0 Å². The molecule has 4 aromatic rings. The number of para-hydroxylation sites is 2. The number of imidazole rings is 1. The Bertz CT molecular complexity index is 1290. The predicted molar refractivity (Wildman–Crippen MR) is 127 cm³/mol. The van der Waals surface area contributed by atoms with E-state index in [0.29, 0.717) is 28.6 Å². The fourth-order valence-corrected chi connectivity index (χ4v) is 4.11. The number of urea groups is 1. The molecule has 1 aliphatic heterocycles. The summed E-state index contributed by atoms with van der Waals surface area (Å²) < 4.78 is 0. The van der Waals surface area contributed by atoms with Crippen LogP contribution in [0.15, 0.2) is 66.9 Å². The van der Waals surface area contributed by atoms with E-state index in [1.807, 2.05) is 24.3 Å². The third-order valence-corrected chi connectivity index (χ3v) is 5.81. The number of nitrogens with zero attached hydrogens (tertiary/aromatic N) is 3. The van der Waals surface area contributed by atoms with Crippen LogP contribution in [0.2, 0.25) is 5.02 Å². The number of hydrogen-bond acceptors (Lipinski definition) is 4. The summed E-state index contributed by atoms with van der Waals surface area (Å²) in [5.41, 5.74) is 2.77. The lowest BCUT2D eigenvalue weighted by molar-refractivity contribution is 0.102. The molecule has 9 heteroatoms. The lowest BCUT2D eigenvalue weighted by Gasteiger charge is -2.23. The molecule has 2 aromatic heterocycles. The molecule has 1 atom stereocenters. The summed E-state index contributed by atoms with van der Waals surface area (Å²) in [4.78, 5) is 39.5. The van der Waals surface area contributed by atoms with Crippen molar-refractivity contribution in [3.63, 3.8) is 0 Å². The number of hydrogen-bond donors (Lipinski definition) is 3. The summed E-state index contributed by atoms with van der Waals surface area (Å²) in [6.07, 6.45) is 3.19. The lowest BCUT2D eigenvalue weighted by atomic mass is 10.2. The van der Waals surface area contributed by atoms with Crippen LogP contribution in [0.25, 0.3) is 11.0 Å². The van der Waals surface area contributed by atoms with Gasteiger partial charge in [-0.2, -0.15) is 0 Å². The van der Waals surface area contributed by atoms with E-state index >= 15 is 0 Å². The minimum Gasteiger partial charge on any atom is -0.340 e. The van der Waals surface area contributed by atoms with E-state index in [9.17, 15) is 9.59 Å². The van der Waals surface area contributed by atoms with Gasteiger partial charge in [0, 0.05) is 24.0 Å². The van der Waals surface area contributed by atoms with Gasteiger partial charge in [0.25, 0.3) is 5.91 Å². The van der Waals surface area contributed by atoms with Crippen molar-refractivity contribution >= 4 is 46.1 Å². The first-order valence-corrected chi connectivity index (χ1v) is 11.0. The van der Waals surface area contributed by atoms with E-state index in [1.165, 1.54) is 6.20 Å². The molecule has 3 heterocycles. The van der Waals surface area contributed by atoms with Gasteiger partial charge in [-0.15, -0.1) is 0 Å². The van der Waals surface area contributed by atoms with Crippen molar-refractivity contribution in [1.82, 2.24) is 19.9 Å². The predicted octanol–water partition coefficient (Wildman–Crippen LogP) is 5.23. The summed E-state index contributed by atoms with van der Waals surface area (Å²) in [7, 11) is 0. The molecule has 8 nitrogen and oxygen atoms in total. The summed E-state index contributed by atoms with van der Waals surface area (Å²) in [5.74, 6) is 0.847. The van der Waals surface area contributed by atoms with Crippen molar-refractivity contribution in [2.45, 2.75) is 18.9 Å². The quantitative estimate of drug-likeness (QED) is 0.387. The molecule has 1 fully saturated rings. The second-order valence-corrected chi connectivity index (χ2v) is 8.25. The number of carbonyl (C=O) groups excluding carboxylic acids is 2. The topological polar surface area (TPSA) is 103 Å². The first-order chi connectivity index (χ1) is 16.1. The summed E-state index contributed by atoms with van der Waals surface area (Å²) in [6.45, 7) is 0.635. The average Bonchev–Trinajstić information content (AvgIpc) is 3.48. The molecule has 0 spiro atoms. The fraction of sp³-hybridized carbons (Fsp3) is 0.167. The number of anilines is 2. The highest BCUT2D eigenvalue weighted by Gasteiger charge is 2.32. The van der Waals surface area contributed by atoms with E-state index < -0.39 is 0 Å². The van der Waals surface area contributed by atoms with Crippen molar-refractivity contribution in [2.75, 3.05) is 17.2 Å². The molecule has 2 aromatic carbocycles. The zero-order valence-electron chi connectivity index (χ0n) is 17.6. The molecule has 5 rings (SSSR count). The van der Waals surface area contributed by atoms with E-state index in [2.05, 4.69) is 25.6 Å². The minimum absolute atomic E-state index is 0.125. The van der Waals surface area contributed by atoms with Crippen molar-refractivity contribution in [2.24, 2.45) is 0 Å². The molecule has 1 aliphatic rings. The van der Waals surface area contributed by atoms with Crippen LogP contribution in [0.3, 0.4) is 0 Å².